The molecule has 1 heterocycles. The van der Waals surface area contributed by atoms with Gasteiger partial charge in [0.2, 0.25) is 0 Å². The molecule has 0 amide bonds. The van der Waals surface area contributed by atoms with Crippen LogP contribution in [-0.2, 0) is 24.3 Å². The van der Waals surface area contributed by atoms with Crippen molar-refractivity contribution in [3.8, 4) is 0 Å². The van der Waals surface area contributed by atoms with Crippen molar-refractivity contribution in [3.05, 3.63) is 107 Å². The van der Waals surface area contributed by atoms with Crippen LogP contribution in [0.15, 0.2) is 79.0 Å². The SMILES string of the molecule is Cc1cccc(C(CC(=O)Cc2ccc(CN)cc2)c2cn(CC3CCCCC3)c3ccccc23)c1. The minimum atomic E-state index is 0.0400. The molecule has 5 rings (SSSR count). The standard InChI is InChI=1S/C33H38N2O/c1-24-8-7-11-28(18-24)31(20-29(36)19-25-14-16-26(21-34)17-15-25)32-23-35(22-27-9-3-2-4-10-27)33-13-6-5-12-30(32)33/h5-8,11-18,23,27,31H,2-4,9-10,19-22,34H2,1H3. The zero-order chi connectivity index (χ0) is 24.9. The first-order chi connectivity index (χ1) is 17.6. The zero-order valence-corrected chi connectivity index (χ0v) is 21.5. The molecular formula is C33H38N2O. The first-order valence-electron chi connectivity index (χ1n) is 13.5. The van der Waals surface area contributed by atoms with Gasteiger partial charge in [0.25, 0.3) is 0 Å². The van der Waals surface area contributed by atoms with Crippen LogP contribution < -0.4 is 5.73 Å². The summed E-state index contributed by atoms with van der Waals surface area (Å²) in [5.41, 5.74) is 12.9. The van der Waals surface area contributed by atoms with Gasteiger partial charge in [0.15, 0.2) is 0 Å². The van der Waals surface area contributed by atoms with Crippen LogP contribution >= 0.6 is 0 Å². The lowest BCUT2D eigenvalue weighted by atomic mass is 9.85. The first kappa shape index (κ1) is 24.5. The molecule has 1 aromatic heterocycles. The van der Waals surface area contributed by atoms with E-state index in [0.717, 1.165) is 23.6 Å². The van der Waals surface area contributed by atoms with Crippen molar-refractivity contribution in [2.24, 2.45) is 11.7 Å². The molecule has 0 bridgehead atoms. The zero-order valence-electron chi connectivity index (χ0n) is 21.5. The van der Waals surface area contributed by atoms with E-state index in [4.69, 9.17) is 5.73 Å². The maximum Gasteiger partial charge on any atom is 0.138 e. The topological polar surface area (TPSA) is 48.0 Å². The molecule has 0 radical (unpaired) electrons. The fourth-order valence-electron chi connectivity index (χ4n) is 5.97. The van der Waals surface area contributed by atoms with Crippen LogP contribution in [0.1, 0.15) is 72.3 Å². The quantitative estimate of drug-likeness (QED) is 0.274. The second-order valence-electron chi connectivity index (χ2n) is 10.7. The molecule has 3 aromatic carbocycles. The van der Waals surface area contributed by atoms with Gasteiger partial charge in [-0.3, -0.25) is 4.79 Å². The summed E-state index contributed by atoms with van der Waals surface area (Å²) in [4.78, 5) is 13.4. The van der Waals surface area contributed by atoms with Crippen LogP contribution in [-0.4, -0.2) is 10.4 Å². The van der Waals surface area contributed by atoms with Gasteiger partial charge in [0.1, 0.15) is 5.78 Å². The lowest BCUT2D eigenvalue weighted by Gasteiger charge is -2.22. The molecule has 0 saturated heterocycles. The Hall–Kier alpha value is -3.17. The molecule has 1 unspecified atom stereocenters. The molecular weight excluding hydrogens is 440 g/mol. The Balaban J connectivity index is 1.48. The smallest absolute Gasteiger partial charge is 0.138 e. The number of hydrogen-bond donors (Lipinski definition) is 1. The number of aromatic nitrogens is 1. The Kier molecular flexibility index (Phi) is 7.67. The van der Waals surface area contributed by atoms with Gasteiger partial charge in [-0.15, -0.1) is 0 Å². The molecule has 1 aliphatic rings. The summed E-state index contributed by atoms with van der Waals surface area (Å²) in [5.74, 6) is 1.06. The van der Waals surface area contributed by atoms with Crippen molar-refractivity contribution in [3.63, 3.8) is 0 Å². The lowest BCUT2D eigenvalue weighted by molar-refractivity contribution is -0.118. The fraction of sp³-hybridized carbons (Fsp3) is 0.364. The minimum absolute atomic E-state index is 0.0400. The molecule has 2 N–H and O–H groups in total. The Morgan fingerprint density at radius 3 is 2.44 bits per heavy atom. The van der Waals surface area contributed by atoms with Gasteiger partial charge < -0.3 is 10.3 Å². The molecule has 3 heteroatoms. The predicted octanol–water partition coefficient (Wildman–Crippen LogP) is 7.32. The number of fused-ring (bicyclic) bond motifs is 1. The fourth-order valence-corrected chi connectivity index (χ4v) is 5.97. The second kappa shape index (κ2) is 11.3. The number of carbonyl (C=O) groups excluding carboxylic acids is 1. The minimum Gasteiger partial charge on any atom is -0.347 e. The largest absolute Gasteiger partial charge is 0.347 e. The normalized spacial score (nSPS) is 15.3. The van der Waals surface area contributed by atoms with Crippen molar-refractivity contribution in [2.75, 3.05) is 0 Å². The third kappa shape index (κ3) is 5.63. The Labute approximate surface area is 215 Å². The number of carbonyl (C=O) groups is 1. The molecule has 4 aromatic rings. The molecule has 3 nitrogen and oxygen atoms in total. The van der Waals surface area contributed by atoms with Gasteiger partial charge in [-0.2, -0.15) is 0 Å². The lowest BCUT2D eigenvalue weighted by Crippen LogP contribution is -2.14. The van der Waals surface area contributed by atoms with Crippen LogP contribution in [0.3, 0.4) is 0 Å². The maximum atomic E-state index is 13.4. The number of ketones is 1. The Morgan fingerprint density at radius 2 is 1.69 bits per heavy atom. The van der Waals surface area contributed by atoms with E-state index in [2.05, 4.69) is 66.2 Å². The second-order valence-corrected chi connectivity index (χ2v) is 10.7. The van der Waals surface area contributed by atoms with Crippen molar-refractivity contribution >= 4 is 16.7 Å². The highest BCUT2D eigenvalue weighted by Crippen LogP contribution is 2.37. The van der Waals surface area contributed by atoms with Gasteiger partial charge in [0.05, 0.1) is 0 Å². The van der Waals surface area contributed by atoms with Crippen LogP contribution in [0.5, 0.6) is 0 Å². The van der Waals surface area contributed by atoms with Gasteiger partial charge in [-0.1, -0.05) is 91.6 Å². The predicted molar refractivity (Wildman–Crippen MR) is 149 cm³/mol. The highest BCUT2D eigenvalue weighted by atomic mass is 16.1. The summed E-state index contributed by atoms with van der Waals surface area (Å²) >= 11 is 0. The molecule has 1 aliphatic carbocycles. The number of nitrogens with zero attached hydrogens (tertiary/aromatic N) is 1. The number of aryl methyl sites for hydroxylation is 1. The van der Waals surface area contributed by atoms with Crippen LogP contribution in [0.2, 0.25) is 0 Å². The van der Waals surface area contributed by atoms with Crippen molar-refractivity contribution < 1.29 is 4.79 Å². The Bertz CT molecular complexity index is 1310. The number of para-hydroxylation sites is 1. The number of Topliss-reactive ketones (excluding diaryl/α,β-unsaturated/α-hetero) is 1. The highest BCUT2D eigenvalue weighted by Gasteiger charge is 2.24. The number of hydrogen-bond acceptors (Lipinski definition) is 2. The van der Waals surface area contributed by atoms with E-state index >= 15 is 0 Å². The average Bonchev–Trinajstić information content (AvgIpc) is 3.26. The number of nitrogens with two attached hydrogens (primary N) is 1. The van der Waals surface area contributed by atoms with Gasteiger partial charge in [-0.25, -0.2) is 0 Å². The van der Waals surface area contributed by atoms with E-state index in [1.54, 1.807) is 0 Å². The molecule has 1 fully saturated rings. The van der Waals surface area contributed by atoms with Gasteiger partial charge >= 0.3 is 0 Å². The monoisotopic (exact) mass is 478 g/mol. The van der Waals surface area contributed by atoms with E-state index < -0.39 is 0 Å². The summed E-state index contributed by atoms with van der Waals surface area (Å²) in [6, 6.07) is 25.6. The summed E-state index contributed by atoms with van der Waals surface area (Å²) in [6.45, 7) is 3.73. The molecule has 0 aliphatic heterocycles. The summed E-state index contributed by atoms with van der Waals surface area (Å²) in [6.07, 6.45) is 10.0. The molecule has 186 valence electrons. The third-order valence-electron chi connectivity index (χ3n) is 7.91. The van der Waals surface area contributed by atoms with Crippen molar-refractivity contribution in [2.45, 2.75) is 70.9 Å². The summed E-state index contributed by atoms with van der Waals surface area (Å²) < 4.78 is 2.47. The van der Waals surface area contributed by atoms with Crippen molar-refractivity contribution in [1.82, 2.24) is 4.57 Å². The highest BCUT2D eigenvalue weighted by molar-refractivity contribution is 5.87. The Morgan fingerprint density at radius 1 is 0.944 bits per heavy atom. The first-order valence-corrected chi connectivity index (χ1v) is 13.5. The molecule has 1 saturated carbocycles. The van der Waals surface area contributed by atoms with E-state index in [9.17, 15) is 4.79 Å². The van der Waals surface area contributed by atoms with E-state index in [1.165, 1.54) is 59.7 Å². The summed E-state index contributed by atoms with van der Waals surface area (Å²) in [5, 5.41) is 1.28. The van der Waals surface area contributed by atoms with Crippen molar-refractivity contribution in [1.29, 1.82) is 0 Å². The van der Waals surface area contributed by atoms with Crippen LogP contribution in [0, 0.1) is 12.8 Å². The van der Waals surface area contributed by atoms with E-state index in [0.29, 0.717) is 19.4 Å². The number of rotatable bonds is 9. The number of benzene rings is 3. The third-order valence-corrected chi connectivity index (χ3v) is 7.91. The van der Waals surface area contributed by atoms with Gasteiger partial charge in [-0.05, 0) is 54.0 Å². The van der Waals surface area contributed by atoms with E-state index in [1.807, 2.05) is 24.3 Å². The molecule has 0 spiro atoms. The summed E-state index contributed by atoms with van der Waals surface area (Å²) in [7, 11) is 0. The van der Waals surface area contributed by atoms with Crippen LogP contribution in [0.4, 0.5) is 0 Å². The van der Waals surface area contributed by atoms with E-state index in [-0.39, 0.29) is 11.7 Å². The average molecular weight is 479 g/mol. The molecule has 36 heavy (non-hydrogen) atoms. The maximum absolute atomic E-state index is 13.4. The van der Waals surface area contributed by atoms with Crippen LogP contribution in [0.25, 0.3) is 10.9 Å². The van der Waals surface area contributed by atoms with Gasteiger partial charge in [0, 0.05) is 48.9 Å². The molecule has 1 atom stereocenters.